The maximum absolute atomic E-state index is 15.7. The lowest BCUT2D eigenvalue weighted by molar-refractivity contribution is -0.151. The maximum atomic E-state index is 15.7. The Morgan fingerprint density at radius 3 is 2.35 bits per heavy atom. The molecule has 2 amide bonds. The molecule has 3 fully saturated rings. The smallest absolute Gasteiger partial charge is 0.242 e. The number of fused-ring (bicyclic) bond motifs is 4. The Morgan fingerprint density at radius 2 is 1.76 bits per heavy atom. The molecule has 1 saturated carbocycles. The summed E-state index contributed by atoms with van der Waals surface area (Å²) in [7, 11) is 0. The van der Waals surface area contributed by atoms with Gasteiger partial charge in [0.25, 0.3) is 0 Å². The number of nitrogens with zero attached hydrogens (tertiary/aromatic N) is 2. The fourth-order valence-corrected chi connectivity index (χ4v) is 6.51. The number of anilines is 2. The molecular formula is C24H30F2N4O4. The summed E-state index contributed by atoms with van der Waals surface area (Å²) in [5.74, 6) is -3.22. The molecule has 34 heavy (non-hydrogen) atoms. The van der Waals surface area contributed by atoms with Crippen molar-refractivity contribution in [2.24, 2.45) is 23.0 Å². The fourth-order valence-electron chi connectivity index (χ4n) is 6.51. The molecule has 3 aliphatic heterocycles. The van der Waals surface area contributed by atoms with Crippen LogP contribution in [0.5, 0.6) is 0 Å². The number of hydrogen-bond donors (Lipinski definition) is 2. The van der Waals surface area contributed by atoms with E-state index in [0.29, 0.717) is 18.7 Å². The van der Waals surface area contributed by atoms with Crippen molar-refractivity contribution in [2.45, 2.75) is 58.4 Å². The number of Topliss-reactive ketones (excluding diaryl/α,β-unsaturated/α-hetero) is 1. The highest BCUT2D eigenvalue weighted by Crippen LogP contribution is 2.51. The topological polar surface area (TPSA) is 105 Å². The number of nitrogens with one attached hydrogen (secondary N) is 1. The molecule has 0 bridgehead atoms. The SMILES string of the molecule is CC(=O)NC(=O)[C@]1(C(C)=O)Cc2cc(N3C[C@@H]4[C@@H](N)[C@@H]4C3)c(F)c(F)c2N2C[C@@H](C)O[C@@H](C)[C@@H]21. The van der Waals surface area contributed by atoms with Gasteiger partial charge >= 0.3 is 0 Å². The second-order valence-corrected chi connectivity index (χ2v) is 10.3. The summed E-state index contributed by atoms with van der Waals surface area (Å²) in [6.45, 7) is 7.25. The van der Waals surface area contributed by atoms with E-state index in [1.54, 1.807) is 29.7 Å². The minimum absolute atomic E-state index is 0.0572. The summed E-state index contributed by atoms with van der Waals surface area (Å²) in [4.78, 5) is 41.7. The number of ketones is 1. The van der Waals surface area contributed by atoms with Crippen LogP contribution >= 0.6 is 0 Å². The highest BCUT2D eigenvalue weighted by Gasteiger charge is 2.60. The van der Waals surface area contributed by atoms with E-state index < -0.39 is 46.8 Å². The van der Waals surface area contributed by atoms with Gasteiger partial charge in [0.05, 0.1) is 29.6 Å². The molecule has 3 heterocycles. The predicted molar refractivity (Wildman–Crippen MR) is 120 cm³/mol. The average Bonchev–Trinajstić information content (AvgIpc) is 3.14. The zero-order chi connectivity index (χ0) is 24.7. The van der Waals surface area contributed by atoms with Crippen LogP contribution in [-0.2, 0) is 25.5 Å². The van der Waals surface area contributed by atoms with E-state index in [4.69, 9.17) is 10.5 Å². The summed E-state index contributed by atoms with van der Waals surface area (Å²) in [5.41, 5.74) is 4.85. The third-order valence-electron chi connectivity index (χ3n) is 8.11. The monoisotopic (exact) mass is 476 g/mol. The highest BCUT2D eigenvalue weighted by atomic mass is 19.2. The molecular weight excluding hydrogens is 446 g/mol. The van der Waals surface area contributed by atoms with Gasteiger partial charge in [0.15, 0.2) is 11.6 Å². The Bertz CT molecular complexity index is 1090. The summed E-state index contributed by atoms with van der Waals surface area (Å²) < 4.78 is 37.1. The lowest BCUT2D eigenvalue weighted by Crippen LogP contribution is -2.70. The second-order valence-electron chi connectivity index (χ2n) is 10.3. The quantitative estimate of drug-likeness (QED) is 0.631. The number of benzene rings is 1. The third-order valence-corrected chi connectivity index (χ3v) is 8.11. The number of morpholine rings is 1. The number of ether oxygens (including phenoxy) is 1. The maximum Gasteiger partial charge on any atom is 0.242 e. The molecule has 0 aromatic heterocycles. The van der Waals surface area contributed by atoms with Gasteiger partial charge in [0.2, 0.25) is 11.8 Å². The molecule has 10 heteroatoms. The van der Waals surface area contributed by atoms with Crippen LogP contribution in [0.1, 0.15) is 33.3 Å². The molecule has 7 atom stereocenters. The van der Waals surface area contributed by atoms with Gasteiger partial charge in [0.1, 0.15) is 11.2 Å². The Labute approximate surface area is 196 Å². The van der Waals surface area contributed by atoms with Crippen LogP contribution in [0.25, 0.3) is 0 Å². The highest BCUT2D eigenvalue weighted by molar-refractivity contribution is 6.12. The molecule has 184 valence electrons. The van der Waals surface area contributed by atoms with Crippen molar-refractivity contribution in [3.05, 3.63) is 23.3 Å². The zero-order valence-electron chi connectivity index (χ0n) is 19.7. The molecule has 1 aliphatic carbocycles. The molecule has 5 rings (SSSR count). The van der Waals surface area contributed by atoms with Crippen molar-refractivity contribution in [3.8, 4) is 0 Å². The minimum atomic E-state index is -1.70. The first-order valence-corrected chi connectivity index (χ1v) is 11.7. The van der Waals surface area contributed by atoms with Gasteiger partial charge in [-0.1, -0.05) is 0 Å². The van der Waals surface area contributed by atoms with Gasteiger partial charge in [-0.2, -0.15) is 0 Å². The zero-order valence-corrected chi connectivity index (χ0v) is 19.7. The number of hydrogen-bond acceptors (Lipinski definition) is 7. The van der Waals surface area contributed by atoms with E-state index in [2.05, 4.69) is 5.32 Å². The standard InChI is InChI=1S/C24H30F2N4O4/c1-10-7-30-21-14(5-17(18(25)19(21)26)29-8-15-16(9-29)20(15)27)6-24(12(3)31,22(30)11(2)34-10)23(33)28-13(4)32/h5,10-11,15-16,20,22H,6-9,27H2,1-4H3,(H,28,32,33)/t10-,11+,15-,16+,20+,22-,24+/m1/s1. The van der Waals surface area contributed by atoms with Crippen LogP contribution < -0.4 is 20.9 Å². The lowest BCUT2D eigenvalue weighted by Gasteiger charge is -2.54. The average molecular weight is 477 g/mol. The van der Waals surface area contributed by atoms with Gasteiger partial charge in [-0.15, -0.1) is 0 Å². The van der Waals surface area contributed by atoms with Crippen LogP contribution in [0.4, 0.5) is 20.2 Å². The van der Waals surface area contributed by atoms with Crippen molar-refractivity contribution >= 4 is 29.0 Å². The number of piperidine rings is 1. The van der Waals surface area contributed by atoms with E-state index in [0.717, 1.165) is 0 Å². The van der Waals surface area contributed by atoms with Crippen molar-refractivity contribution in [3.63, 3.8) is 0 Å². The molecule has 8 nitrogen and oxygen atoms in total. The Hall–Kier alpha value is -2.59. The van der Waals surface area contributed by atoms with Crippen LogP contribution in [0.2, 0.25) is 0 Å². The minimum Gasteiger partial charge on any atom is -0.372 e. The predicted octanol–water partition coefficient (Wildman–Crippen LogP) is 1.13. The number of nitrogens with two attached hydrogens (primary N) is 1. The van der Waals surface area contributed by atoms with Gasteiger partial charge in [-0.25, -0.2) is 8.78 Å². The summed E-state index contributed by atoms with van der Waals surface area (Å²) in [6, 6.07) is 0.758. The lowest BCUT2D eigenvalue weighted by atomic mass is 9.65. The molecule has 0 radical (unpaired) electrons. The third kappa shape index (κ3) is 3.18. The number of carbonyl (C=O) groups is 3. The number of amides is 2. The van der Waals surface area contributed by atoms with Crippen molar-refractivity contribution in [2.75, 3.05) is 29.4 Å². The number of imide groups is 1. The van der Waals surface area contributed by atoms with Gasteiger partial charge in [-0.3, -0.25) is 19.7 Å². The first-order valence-electron chi connectivity index (χ1n) is 11.7. The molecule has 1 aromatic rings. The van der Waals surface area contributed by atoms with Crippen molar-refractivity contribution < 1.29 is 27.9 Å². The van der Waals surface area contributed by atoms with Gasteiger partial charge < -0.3 is 20.3 Å². The summed E-state index contributed by atoms with van der Waals surface area (Å²) in [6.07, 6.45) is -1.15. The van der Waals surface area contributed by atoms with Gasteiger partial charge in [0, 0.05) is 32.6 Å². The van der Waals surface area contributed by atoms with E-state index in [-0.39, 0.29) is 48.3 Å². The molecule has 1 aromatic carbocycles. The summed E-state index contributed by atoms with van der Waals surface area (Å²) in [5, 5.41) is 2.27. The first kappa shape index (κ1) is 23.2. The normalized spacial score (nSPS) is 35.9. The van der Waals surface area contributed by atoms with Gasteiger partial charge in [-0.05, 0) is 50.7 Å². The second kappa shape index (κ2) is 7.71. The first-order chi connectivity index (χ1) is 16.0. The molecule has 2 saturated heterocycles. The van der Waals surface area contributed by atoms with E-state index in [1.807, 2.05) is 0 Å². The summed E-state index contributed by atoms with van der Waals surface area (Å²) >= 11 is 0. The van der Waals surface area contributed by atoms with E-state index in [9.17, 15) is 14.4 Å². The Balaban J connectivity index is 1.66. The Morgan fingerprint density at radius 1 is 1.12 bits per heavy atom. The van der Waals surface area contributed by atoms with E-state index >= 15 is 8.78 Å². The van der Waals surface area contributed by atoms with Crippen LogP contribution in [-0.4, -0.2) is 61.5 Å². The largest absolute Gasteiger partial charge is 0.372 e. The van der Waals surface area contributed by atoms with Crippen molar-refractivity contribution in [1.82, 2.24) is 5.32 Å². The van der Waals surface area contributed by atoms with Crippen LogP contribution in [0, 0.1) is 28.9 Å². The molecule has 4 aliphatic rings. The number of halogens is 2. The molecule has 0 spiro atoms. The molecule has 3 N–H and O–H groups in total. The molecule has 0 unspecified atom stereocenters. The van der Waals surface area contributed by atoms with Crippen molar-refractivity contribution in [1.29, 1.82) is 0 Å². The number of carbonyl (C=O) groups excluding carboxylic acids is 3. The van der Waals surface area contributed by atoms with Crippen LogP contribution in [0.3, 0.4) is 0 Å². The van der Waals surface area contributed by atoms with E-state index in [1.165, 1.54) is 13.8 Å². The Kier molecular flexibility index (Phi) is 5.25. The van der Waals surface area contributed by atoms with Crippen LogP contribution in [0.15, 0.2) is 6.07 Å². The fraction of sp³-hybridized carbons (Fsp3) is 0.625. The number of rotatable bonds is 3.